The van der Waals surface area contributed by atoms with Crippen molar-refractivity contribution >= 4 is 5.96 Å². The third-order valence-electron chi connectivity index (χ3n) is 4.52. The van der Waals surface area contributed by atoms with Crippen molar-refractivity contribution in [3.63, 3.8) is 0 Å². The molecule has 2 rings (SSSR count). The number of nitrogens with zero attached hydrogens (tertiary/aromatic N) is 3. The Hall–Kier alpha value is -1.63. The molecule has 0 radical (unpaired) electrons. The zero-order valence-electron chi connectivity index (χ0n) is 15.9. The molecule has 0 atom stereocenters. The van der Waals surface area contributed by atoms with Gasteiger partial charge >= 0.3 is 0 Å². The maximum Gasteiger partial charge on any atom is 0.191 e. The third-order valence-corrected chi connectivity index (χ3v) is 4.52. The molecule has 0 aliphatic carbocycles. The van der Waals surface area contributed by atoms with Crippen LogP contribution in [0, 0.1) is 0 Å². The van der Waals surface area contributed by atoms with Crippen molar-refractivity contribution in [3.8, 4) is 0 Å². The summed E-state index contributed by atoms with van der Waals surface area (Å²) in [6.07, 6.45) is 1.26. The van der Waals surface area contributed by atoms with E-state index < -0.39 is 0 Å². The predicted molar refractivity (Wildman–Crippen MR) is 104 cm³/mol. The largest absolute Gasteiger partial charge is 0.383 e. The molecule has 0 amide bonds. The summed E-state index contributed by atoms with van der Waals surface area (Å²) in [5, 5.41) is 6.54. The second-order valence-corrected chi connectivity index (χ2v) is 6.59. The average Bonchev–Trinajstić information content (AvgIpc) is 2.83. The molecular weight excluding hydrogens is 314 g/mol. The van der Waals surface area contributed by atoms with Crippen LogP contribution in [0.1, 0.15) is 17.5 Å². The maximum atomic E-state index is 5.04. The van der Waals surface area contributed by atoms with Crippen molar-refractivity contribution in [2.75, 3.05) is 60.5 Å². The van der Waals surface area contributed by atoms with Gasteiger partial charge in [0.2, 0.25) is 0 Å². The SMILES string of the molecule is CN=C(NCCOC)NCc1ccc(CN2CCCN(C)CC2)cc1. The fraction of sp³-hybridized carbons (Fsp3) is 0.632. The molecule has 0 aromatic heterocycles. The quantitative estimate of drug-likeness (QED) is 0.440. The smallest absolute Gasteiger partial charge is 0.191 e. The first-order valence-electron chi connectivity index (χ1n) is 9.13. The van der Waals surface area contributed by atoms with Crippen molar-refractivity contribution < 1.29 is 4.74 Å². The molecule has 0 bridgehead atoms. The summed E-state index contributed by atoms with van der Waals surface area (Å²) in [6.45, 7) is 7.95. The standard InChI is InChI=1S/C19H33N5O/c1-20-19(21-9-14-25-3)22-15-17-5-7-18(8-6-17)16-24-11-4-10-23(2)12-13-24/h5-8H,4,9-16H2,1-3H3,(H2,20,21,22). The topological polar surface area (TPSA) is 52.1 Å². The van der Waals surface area contributed by atoms with E-state index in [0.717, 1.165) is 38.7 Å². The van der Waals surface area contributed by atoms with E-state index in [2.05, 4.69) is 56.7 Å². The molecule has 25 heavy (non-hydrogen) atoms. The predicted octanol–water partition coefficient (Wildman–Crippen LogP) is 1.14. The minimum absolute atomic E-state index is 0.668. The lowest BCUT2D eigenvalue weighted by Gasteiger charge is -2.20. The maximum absolute atomic E-state index is 5.04. The average molecular weight is 348 g/mol. The normalized spacial score (nSPS) is 17.3. The third kappa shape index (κ3) is 7.42. The van der Waals surface area contributed by atoms with Crippen LogP contribution in [0.4, 0.5) is 0 Å². The molecule has 1 fully saturated rings. The summed E-state index contributed by atoms with van der Waals surface area (Å²) in [7, 11) is 5.69. The van der Waals surface area contributed by atoms with Crippen molar-refractivity contribution in [2.24, 2.45) is 4.99 Å². The van der Waals surface area contributed by atoms with Crippen LogP contribution in [0.3, 0.4) is 0 Å². The number of hydrogen-bond acceptors (Lipinski definition) is 4. The summed E-state index contributed by atoms with van der Waals surface area (Å²) in [5.41, 5.74) is 2.64. The molecule has 6 heteroatoms. The van der Waals surface area contributed by atoms with E-state index in [0.29, 0.717) is 6.61 Å². The lowest BCUT2D eigenvalue weighted by atomic mass is 10.1. The number of guanidine groups is 1. The van der Waals surface area contributed by atoms with E-state index in [-0.39, 0.29) is 0 Å². The molecule has 1 saturated heterocycles. The van der Waals surface area contributed by atoms with Gasteiger partial charge in [-0.3, -0.25) is 9.89 Å². The first kappa shape index (κ1) is 19.7. The van der Waals surface area contributed by atoms with E-state index in [4.69, 9.17) is 4.74 Å². The Balaban J connectivity index is 1.77. The van der Waals surface area contributed by atoms with Gasteiger partial charge in [0.15, 0.2) is 5.96 Å². The van der Waals surface area contributed by atoms with Crippen LogP contribution in [0.15, 0.2) is 29.3 Å². The Morgan fingerprint density at radius 1 is 1.08 bits per heavy atom. The highest BCUT2D eigenvalue weighted by Gasteiger charge is 2.12. The highest BCUT2D eigenvalue weighted by atomic mass is 16.5. The van der Waals surface area contributed by atoms with Crippen molar-refractivity contribution in [1.29, 1.82) is 0 Å². The highest BCUT2D eigenvalue weighted by Crippen LogP contribution is 2.10. The monoisotopic (exact) mass is 347 g/mol. The fourth-order valence-electron chi connectivity index (χ4n) is 2.96. The van der Waals surface area contributed by atoms with Gasteiger partial charge in [-0.15, -0.1) is 0 Å². The molecule has 0 spiro atoms. The molecule has 1 aromatic rings. The Morgan fingerprint density at radius 3 is 2.56 bits per heavy atom. The van der Waals surface area contributed by atoms with Gasteiger partial charge in [-0.05, 0) is 37.7 Å². The molecule has 0 saturated carbocycles. The summed E-state index contributed by atoms with van der Waals surface area (Å²) < 4.78 is 5.04. The van der Waals surface area contributed by atoms with Crippen LogP contribution >= 0.6 is 0 Å². The zero-order chi connectivity index (χ0) is 17.9. The summed E-state index contributed by atoms with van der Waals surface area (Å²) in [5.74, 6) is 0.801. The molecule has 6 nitrogen and oxygen atoms in total. The minimum atomic E-state index is 0.668. The van der Waals surface area contributed by atoms with Gasteiger partial charge in [0.05, 0.1) is 6.61 Å². The first-order chi connectivity index (χ1) is 12.2. The van der Waals surface area contributed by atoms with E-state index >= 15 is 0 Å². The van der Waals surface area contributed by atoms with Crippen molar-refractivity contribution in [2.45, 2.75) is 19.5 Å². The summed E-state index contributed by atoms with van der Waals surface area (Å²) in [4.78, 5) is 9.19. The molecule has 1 heterocycles. The molecular formula is C19H33N5O. The summed E-state index contributed by atoms with van der Waals surface area (Å²) in [6, 6.07) is 8.89. The first-order valence-corrected chi connectivity index (χ1v) is 9.13. The number of ether oxygens (including phenoxy) is 1. The molecule has 1 aromatic carbocycles. The highest BCUT2D eigenvalue weighted by molar-refractivity contribution is 5.79. The number of methoxy groups -OCH3 is 1. The molecule has 140 valence electrons. The number of nitrogens with one attached hydrogen (secondary N) is 2. The lowest BCUT2D eigenvalue weighted by Crippen LogP contribution is -2.38. The van der Waals surface area contributed by atoms with Gasteiger partial charge in [0.25, 0.3) is 0 Å². The van der Waals surface area contributed by atoms with Gasteiger partial charge in [0.1, 0.15) is 0 Å². The lowest BCUT2D eigenvalue weighted by molar-refractivity contribution is 0.203. The second kappa shape index (κ2) is 11.1. The van der Waals surface area contributed by atoms with Gasteiger partial charge in [-0.25, -0.2) is 0 Å². The van der Waals surface area contributed by atoms with Crippen LogP contribution in [-0.4, -0.2) is 76.3 Å². The number of benzene rings is 1. The van der Waals surface area contributed by atoms with Crippen LogP contribution in [0.25, 0.3) is 0 Å². The van der Waals surface area contributed by atoms with E-state index in [9.17, 15) is 0 Å². The second-order valence-electron chi connectivity index (χ2n) is 6.59. The van der Waals surface area contributed by atoms with Crippen LogP contribution in [0.5, 0.6) is 0 Å². The summed E-state index contributed by atoms with van der Waals surface area (Å²) >= 11 is 0. The van der Waals surface area contributed by atoms with Crippen molar-refractivity contribution in [3.05, 3.63) is 35.4 Å². The molecule has 1 aliphatic rings. The Kier molecular flexibility index (Phi) is 8.72. The van der Waals surface area contributed by atoms with Gasteiger partial charge in [0, 0.05) is 46.9 Å². The van der Waals surface area contributed by atoms with Gasteiger partial charge in [-0.1, -0.05) is 24.3 Å². The Labute approximate surface area is 152 Å². The molecule has 2 N–H and O–H groups in total. The Bertz CT molecular complexity index is 517. The molecule has 0 unspecified atom stereocenters. The number of aliphatic imine (C=N–C) groups is 1. The number of rotatable bonds is 7. The van der Waals surface area contributed by atoms with E-state index in [1.807, 2.05) is 0 Å². The van der Waals surface area contributed by atoms with Gasteiger partial charge < -0.3 is 20.3 Å². The van der Waals surface area contributed by atoms with Crippen LogP contribution in [-0.2, 0) is 17.8 Å². The molecule has 1 aliphatic heterocycles. The number of hydrogen-bond donors (Lipinski definition) is 2. The fourth-order valence-corrected chi connectivity index (χ4v) is 2.96. The number of likely N-dealkylation sites (N-methyl/N-ethyl adjacent to an activating group) is 1. The van der Waals surface area contributed by atoms with Crippen LogP contribution < -0.4 is 10.6 Å². The van der Waals surface area contributed by atoms with Crippen molar-refractivity contribution in [1.82, 2.24) is 20.4 Å². The van der Waals surface area contributed by atoms with E-state index in [1.165, 1.54) is 30.6 Å². The van der Waals surface area contributed by atoms with E-state index in [1.54, 1.807) is 14.2 Å². The van der Waals surface area contributed by atoms with Crippen LogP contribution in [0.2, 0.25) is 0 Å². The van der Waals surface area contributed by atoms with Gasteiger partial charge in [-0.2, -0.15) is 0 Å². The minimum Gasteiger partial charge on any atom is -0.383 e. The Morgan fingerprint density at radius 2 is 1.84 bits per heavy atom. The zero-order valence-corrected chi connectivity index (χ0v) is 15.9.